The Labute approximate surface area is 189 Å². The van der Waals surface area contributed by atoms with Crippen molar-refractivity contribution in [2.75, 3.05) is 18.5 Å². The van der Waals surface area contributed by atoms with Crippen molar-refractivity contribution in [2.45, 2.75) is 60.8 Å². The third-order valence-corrected chi connectivity index (χ3v) is 6.96. The summed E-state index contributed by atoms with van der Waals surface area (Å²) in [6.07, 6.45) is 2.78. The van der Waals surface area contributed by atoms with Crippen LogP contribution < -0.4 is 10.1 Å². The maximum Gasteiger partial charge on any atom is 0.341 e. The molecule has 0 spiro atoms. The molecule has 1 aromatic heterocycles. The molecule has 1 aromatic carbocycles. The molecule has 2 aromatic rings. The van der Waals surface area contributed by atoms with Gasteiger partial charge in [-0.1, -0.05) is 26.8 Å². The first-order valence-corrected chi connectivity index (χ1v) is 11.7. The molecule has 0 aliphatic heterocycles. The lowest BCUT2D eigenvalue weighted by Gasteiger charge is -2.33. The van der Waals surface area contributed by atoms with E-state index < -0.39 is 0 Å². The third-order valence-electron chi connectivity index (χ3n) is 5.79. The smallest absolute Gasteiger partial charge is 0.341 e. The van der Waals surface area contributed by atoms with Crippen LogP contribution in [0.3, 0.4) is 0 Å². The molecule has 31 heavy (non-hydrogen) atoms. The van der Waals surface area contributed by atoms with E-state index in [9.17, 15) is 9.59 Å². The van der Waals surface area contributed by atoms with Gasteiger partial charge in [-0.05, 0) is 80.2 Å². The molecule has 1 N–H and O–H groups in total. The second-order valence-electron chi connectivity index (χ2n) is 9.39. The number of aryl methyl sites for hydroxylation is 2. The Bertz CT molecular complexity index is 950. The molecule has 1 amide bonds. The molecule has 5 nitrogen and oxygen atoms in total. The molecule has 0 fully saturated rings. The molecular formula is C25H33NO4S. The predicted molar refractivity (Wildman–Crippen MR) is 125 cm³/mol. The van der Waals surface area contributed by atoms with Crippen molar-refractivity contribution in [1.29, 1.82) is 0 Å². The molecule has 0 bridgehead atoms. The summed E-state index contributed by atoms with van der Waals surface area (Å²) in [6.45, 7) is 12.7. The number of benzene rings is 1. The van der Waals surface area contributed by atoms with Gasteiger partial charge in [0.15, 0.2) is 6.61 Å². The zero-order valence-corrected chi connectivity index (χ0v) is 20.2. The van der Waals surface area contributed by atoms with Crippen LogP contribution in [-0.4, -0.2) is 25.1 Å². The topological polar surface area (TPSA) is 64.6 Å². The van der Waals surface area contributed by atoms with Crippen molar-refractivity contribution in [3.8, 4) is 5.75 Å². The fourth-order valence-electron chi connectivity index (χ4n) is 4.16. The average molecular weight is 444 g/mol. The van der Waals surface area contributed by atoms with Crippen LogP contribution in [0, 0.1) is 25.2 Å². The molecule has 0 saturated heterocycles. The predicted octanol–water partition coefficient (Wildman–Crippen LogP) is 5.71. The highest BCUT2D eigenvalue weighted by atomic mass is 32.1. The van der Waals surface area contributed by atoms with Crippen LogP contribution in [0.25, 0.3) is 0 Å². The van der Waals surface area contributed by atoms with Gasteiger partial charge in [0.1, 0.15) is 10.8 Å². The van der Waals surface area contributed by atoms with Gasteiger partial charge in [-0.3, -0.25) is 4.79 Å². The molecular weight excluding hydrogens is 410 g/mol. The number of esters is 1. The van der Waals surface area contributed by atoms with Gasteiger partial charge >= 0.3 is 5.97 Å². The van der Waals surface area contributed by atoms with Crippen molar-refractivity contribution in [3.63, 3.8) is 0 Å². The lowest BCUT2D eigenvalue weighted by Crippen LogP contribution is -2.26. The minimum Gasteiger partial charge on any atom is -0.484 e. The van der Waals surface area contributed by atoms with Crippen LogP contribution in [-0.2, 0) is 22.4 Å². The second-order valence-corrected chi connectivity index (χ2v) is 10.5. The van der Waals surface area contributed by atoms with Crippen LogP contribution in [0.4, 0.5) is 5.00 Å². The van der Waals surface area contributed by atoms with Crippen molar-refractivity contribution in [2.24, 2.45) is 11.3 Å². The SMILES string of the molecule is CCOC(=O)c1c(NC(=O)COc2cc(C)cc(C)c2)sc2c1CCC(C(C)(C)C)C2. The summed E-state index contributed by atoms with van der Waals surface area (Å²) in [7, 11) is 0. The number of anilines is 1. The van der Waals surface area contributed by atoms with E-state index in [0.717, 1.165) is 36.0 Å². The first-order chi connectivity index (χ1) is 14.6. The molecule has 168 valence electrons. The van der Waals surface area contributed by atoms with Crippen LogP contribution in [0.5, 0.6) is 5.75 Å². The molecule has 1 atom stereocenters. The average Bonchev–Trinajstić information content (AvgIpc) is 3.02. The monoisotopic (exact) mass is 443 g/mol. The summed E-state index contributed by atoms with van der Waals surface area (Å²) in [6, 6.07) is 5.86. The van der Waals surface area contributed by atoms with E-state index in [1.807, 2.05) is 26.0 Å². The second kappa shape index (κ2) is 9.43. The van der Waals surface area contributed by atoms with Gasteiger partial charge in [-0.25, -0.2) is 4.79 Å². The lowest BCUT2D eigenvalue weighted by molar-refractivity contribution is -0.118. The Morgan fingerprint density at radius 3 is 2.45 bits per heavy atom. The standard InChI is InChI=1S/C25H33NO4S/c1-7-29-24(28)22-19-9-8-17(25(4,5)6)13-20(19)31-23(22)26-21(27)14-30-18-11-15(2)10-16(3)12-18/h10-12,17H,7-9,13-14H2,1-6H3,(H,26,27). The molecule has 3 rings (SSSR count). The fourth-order valence-corrected chi connectivity index (χ4v) is 5.49. The fraction of sp³-hybridized carbons (Fsp3) is 0.520. The van der Waals surface area contributed by atoms with E-state index in [2.05, 4.69) is 32.2 Å². The molecule has 6 heteroatoms. The minimum atomic E-state index is -0.361. The highest BCUT2D eigenvalue weighted by Gasteiger charge is 2.34. The van der Waals surface area contributed by atoms with Gasteiger partial charge in [0.25, 0.3) is 5.91 Å². The largest absolute Gasteiger partial charge is 0.484 e. The van der Waals surface area contributed by atoms with Crippen LogP contribution in [0.2, 0.25) is 0 Å². The van der Waals surface area contributed by atoms with Gasteiger partial charge in [0.05, 0.1) is 12.2 Å². The molecule has 1 aliphatic carbocycles. The highest BCUT2D eigenvalue weighted by molar-refractivity contribution is 7.17. The zero-order chi connectivity index (χ0) is 22.8. The van der Waals surface area contributed by atoms with Gasteiger partial charge in [-0.15, -0.1) is 11.3 Å². The van der Waals surface area contributed by atoms with Crippen LogP contribution in [0.1, 0.15) is 66.0 Å². The highest BCUT2D eigenvalue weighted by Crippen LogP contribution is 2.44. The number of fused-ring (bicyclic) bond motifs is 1. The first kappa shape index (κ1) is 23.3. The Kier molecular flexibility index (Phi) is 7.10. The summed E-state index contributed by atoms with van der Waals surface area (Å²) in [5.41, 5.74) is 3.93. The number of ether oxygens (including phenoxy) is 2. The van der Waals surface area contributed by atoms with Gasteiger partial charge in [0, 0.05) is 4.88 Å². The Balaban J connectivity index is 1.78. The number of amides is 1. The molecule has 0 radical (unpaired) electrons. The minimum absolute atomic E-state index is 0.113. The maximum absolute atomic E-state index is 12.7. The Morgan fingerprint density at radius 2 is 1.84 bits per heavy atom. The van der Waals surface area contributed by atoms with E-state index >= 15 is 0 Å². The Morgan fingerprint density at radius 1 is 1.16 bits per heavy atom. The molecule has 1 unspecified atom stereocenters. The normalized spacial score (nSPS) is 15.9. The number of nitrogens with one attached hydrogen (secondary N) is 1. The number of thiophene rings is 1. The van der Waals surface area contributed by atoms with E-state index in [4.69, 9.17) is 9.47 Å². The first-order valence-electron chi connectivity index (χ1n) is 10.9. The van der Waals surface area contributed by atoms with Crippen LogP contribution >= 0.6 is 11.3 Å². The quantitative estimate of drug-likeness (QED) is 0.581. The summed E-state index contributed by atoms with van der Waals surface area (Å²) in [5, 5.41) is 3.49. The summed E-state index contributed by atoms with van der Waals surface area (Å²) in [4.78, 5) is 26.5. The summed E-state index contributed by atoms with van der Waals surface area (Å²) in [5.74, 6) is 0.567. The number of rotatable bonds is 6. The lowest BCUT2D eigenvalue weighted by atomic mass is 9.72. The Hall–Kier alpha value is -2.34. The zero-order valence-electron chi connectivity index (χ0n) is 19.4. The van der Waals surface area contributed by atoms with E-state index in [0.29, 0.717) is 28.8 Å². The van der Waals surface area contributed by atoms with Crippen molar-refractivity contribution in [3.05, 3.63) is 45.3 Å². The number of carbonyl (C=O) groups excluding carboxylic acids is 2. The number of hydrogen-bond donors (Lipinski definition) is 1. The molecule has 1 aliphatic rings. The number of carbonyl (C=O) groups is 2. The van der Waals surface area contributed by atoms with Gasteiger partial charge in [0.2, 0.25) is 0 Å². The third kappa shape index (κ3) is 5.67. The van der Waals surface area contributed by atoms with Gasteiger partial charge in [-0.2, -0.15) is 0 Å². The van der Waals surface area contributed by atoms with Crippen molar-refractivity contribution < 1.29 is 19.1 Å². The van der Waals surface area contributed by atoms with Crippen LogP contribution in [0.15, 0.2) is 18.2 Å². The molecule has 1 heterocycles. The maximum atomic E-state index is 12.7. The van der Waals surface area contributed by atoms with Gasteiger partial charge < -0.3 is 14.8 Å². The van der Waals surface area contributed by atoms with Crippen molar-refractivity contribution >= 4 is 28.2 Å². The number of hydrogen-bond acceptors (Lipinski definition) is 5. The van der Waals surface area contributed by atoms with E-state index in [1.165, 1.54) is 16.2 Å². The summed E-state index contributed by atoms with van der Waals surface area (Å²) >= 11 is 1.50. The van der Waals surface area contributed by atoms with E-state index in [1.54, 1.807) is 6.92 Å². The van der Waals surface area contributed by atoms with Crippen molar-refractivity contribution in [1.82, 2.24) is 0 Å². The summed E-state index contributed by atoms with van der Waals surface area (Å²) < 4.78 is 11.0. The van der Waals surface area contributed by atoms with E-state index in [-0.39, 0.29) is 23.9 Å². The molecule has 0 saturated carbocycles.